The van der Waals surface area contributed by atoms with E-state index in [9.17, 15) is 4.39 Å². The third-order valence-corrected chi connectivity index (χ3v) is 3.34. The van der Waals surface area contributed by atoms with Crippen molar-refractivity contribution in [2.24, 2.45) is 11.5 Å². The first-order valence-electron chi connectivity index (χ1n) is 5.41. The third kappa shape index (κ3) is 2.19. The highest BCUT2D eigenvalue weighted by molar-refractivity contribution is 5.25. The van der Waals surface area contributed by atoms with Gasteiger partial charge in [-0.2, -0.15) is 0 Å². The van der Waals surface area contributed by atoms with Crippen LogP contribution >= 0.6 is 0 Å². The topological polar surface area (TPSA) is 52.0 Å². The highest BCUT2D eigenvalue weighted by atomic mass is 19.1. The zero-order valence-electron chi connectivity index (χ0n) is 8.75. The van der Waals surface area contributed by atoms with E-state index in [4.69, 9.17) is 11.5 Å². The maximum absolute atomic E-state index is 12.8. The van der Waals surface area contributed by atoms with E-state index >= 15 is 0 Å². The van der Waals surface area contributed by atoms with Crippen molar-refractivity contribution in [3.63, 3.8) is 0 Å². The van der Waals surface area contributed by atoms with E-state index in [-0.39, 0.29) is 17.4 Å². The summed E-state index contributed by atoms with van der Waals surface area (Å²) in [4.78, 5) is 0. The molecule has 4 N–H and O–H groups in total. The fraction of sp³-hybridized carbons (Fsp3) is 0.500. The second-order valence-corrected chi connectivity index (χ2v) is 4.50. The lowest BCUT2D eigenvalue weighted by molar-refractivity contribution is 0.277. The van der Waals surface area contributed by atoms with Crippen molar-refractivity contribution in [1.29, 1.82) is 0 Å². The normalized spacial score (nSPS) is 31.5. The van der Waals surface area contributed by atoms with Crippen LogP contribution in [0, 0.1) is 5.82 Å². The molecule has 1 saturated carbocycles. The van der Waals surface area contributed by atoms with Crippen LogP contribution in [0.3, 0.4) is 0 Å². The number of hydrogen-bond acceptors (Lipinski definition) is 2. The zero-order chi connectivity index (χ0) is 10.9. The Morgan fingerprint density at radius 1 is 1.13 bits per heavy atom. The van der Waals surface area contributed by atoms with Gasteiger partial charge < -0.3 is 11.5 Å². The molecule has 2 nitrogen and oxygen atoms in total. The van der Waals surface area contributed by atoms with Crippen molar-refractivity contribution in [3.05, 3.63) is 35.6 Å². The SMILES string of the molecule is NC1CCC(N)(c2ccc(F)cc2)CC1. The molecular formula is C12H17FN2. The Morgan fingerprint density at radius 2 is 1.67 bits per heavy atom. The van der Waals surface area contributed by atoms with Gasteiger partial charge in [0.2, 0.25) is 0 Å². The van der Waals surface area contributed by atoms with Crippen LogP contribution in [0.4, 0.5) is 4.39 Å². The fourth-order valence-electron chi connectivity index (χ4n) is 2.23. The van der Waals surface area contributed by atoms with E-state index in [0.717, 1.165) is 31.2 Å². The molecule has 1 aliphatic carbocycles. The van der Waals surface area contributed by atoms with Crippen LogP contribution in [-0.4, -0.2) is 6.04 Å². The van der Waals surface area contributed by atoms with E-state index in [2.05, 4.69) is 0 Å². The number of halogens is 1. The summed E-state index contributed by atoms with van der Waals surface area (Å²) in [6, 6.07) is 6.79. The van der Waals surface area contributed by atoms with Crippen molar-refractivity contribution in [2.75, 3.05) is 0 Å². The smallest absolute Gasteiger partial charge is 0.123 e. The molecule has 0 heterocycles. The predicted octanol–water partition coefficient (Wildman–Crippen LogP) is 1.88. The van der Waals surface area contributed by atoms with Gasteiger partial charge in [-0.1, -0.05) is 12.1 Å². The van der Waals surface area contributed by atoms with Gasteiger partial charge in [0.25, 0.3) is 0 Å². The standard InChI is InChI=1S/C12H17FN2/c13-10-3-1-9(2-4-10)12(15)7-5-11(14)6-8-12/h1-4,11H,5-8,14-15H2. The molecular weight excluding hydrogens is 191 g/mol. The second-order valence-electron chi connectivity index (χ2n) is 4.50. The largest absolute Gasteiger partial charge is 0.328 e. The number of rotatable bonds is 1. The van der Waals surface area contributed by atoms with Gasteiger partial charge in [0.1, 0.15) is 5.82 Å². The highest BCUT2D eigenvalue weighted by Crippen LogP contribution is 2.34. The maximum Gasteiger partial charge on any atom is 0.123 e. The molecule has 2 rings (SSSR count). The number of hydrogen-bond donors (Lipinski definition) is 2. The lowest BCUT2D eigenvalue weighted by Crippen LogP contribution is -2.43. The molecule has 0 saturated heterocycles. The van der Waals surface area contributed by atoms with E-state index in [0.29, 0.717) is 0 Å². The van der Waals surface area contributed by atoms with Crippen molar-refractivity contribution < 1.29 is 4.39 Å². The van der Waals surface area contributed by atoms with Crippen molar-refractivity contribution in [3.8, 4) is 0 Å². The fourth-order valence-corrected chi connectivity index (χ4v) is 2.23. The van der Waals surface area contributed by atoms with Gasteiger partial charge in [-0.3, -0.25) is 0 Å². The number of benzene rings is 1. The highest BCUT2D eigenvalue weighted by Gasteiger charge is 2.31. The lowest BCUT2D eigenvalue weighted by Gasteiger charge is -2.36. The van der Waals surface area contributed by atoms with Gasteiger partial charge in [-0.05, 0) is 43.4 Å². The molecule has 0 amide bonds. The average Bonchev–Trinajstić information content (AvgIpc) is 2.24. The van der Waals surface area contributed by atoms with Gasteiger partial charge in [0, 0.05) is 11.6 Å². The first-order chi connectivity index (χ1) is 7.10. The quantitative estimate of drug-likeness (QED) is 0.740. The number of nitrogens with two attached hydrogens (primary N) is 2. The molecule has 0 atom stereocenters. The van der Waals surface area contributed by atoms with Crippen LogP contribution in [0.5, 0.6) is 0 Å². The Morgan fingerprint density at radius 3 is 2.20 bits per heavy atom. The van der Waals surface area contributed by atoms with Crippen LogP contribution < -0.4 is 11.5 Å². The molecule has 0 aromatic heterocycles. The summed E-state index contributed by atoms with van der Waals surface area (Å²) >= 11 is 0. The maximum atomic E-state index is 12.8. The Bertz CT molecular complexity index is 326. The van der Waals surface area contributed by atoms with Gasteiger partial charge in [-0.15, -0.1) is 0 Å². The van der Waals surface area contributed by atoms with Crippen molar-refractivity contribution in [2.45, 2.75) is 37.3 Å². The Hall–Kier alpha value is -0.930. The molecule has 0 unspecified atom stereocenters. The van der Waals surface area contributed by atoms with Crippen LogP contribution in [0.25, 0.3) is 0 Å². The molecule has 0 aliphatic heterocycles. The molecule has 1 aromatic rings. The van der Waals surface area contributed by atoms with E-state index in [1.807, 2.05) is 0 Å². The van der Waals surface area contributed by atoms with Crippen molar-refractivity contribution in [1.82, 2.24) is 0 Å². The molecule has 82 valence electrons. The van der Waals surface area contributed by atoms with Crippen LogP contribution in [0.2, 0.25) is 0 Å². The van der Waals surface area contributed by atoms with Crippen LogP contribution in [0.15, 0.2) is 24.3 Å². The summed E-state index contributed by atoms with van der Waals surface area (Å²) in [6.45, 7) is 0. The molecule has 3 heteroatoms. The summed E-state index contributed by atoms with van der Waals surface area (Å²) in [6.07, 6.45) is 3.68. The minimum atomic E-state index is -0.302. The third-order valence-electron chi connectivity index (χ3n) is 3.34. The van der Waals surface area contributed by atoms with E-state index in [1.54, 1.807) is 12.1 Å². The summed E-state index contributed by atoms with van der Waals surface area (Å²) < 4.78 is 12.8. The lowest BCUT2D eigenvalue weighted by atomic mass is 9.76. The average molecular weight is 208 g/mol. The minimum absolute atomic E-state index is 0.213. The van der Waals surface area contributed by atoms with Gasteiger partial charge in [-0.25, -0.2) is 4.39 Å². The minimum Gasteiger partial charge on any atom is -0.328 e. The second kappa shape index (κ2) is 3.91. The molecule has 0 spiro atoms. The molecule has 0 radical (unpaired) electrons. The monoisotopic (exact) mass is 208 g/mol. The zero-order valence-corrected chi connectivity index (χ0v) is 8.75. The summed E-state index contributed by atoms with van der Waals surface area (Å²) in [5, 5.41) is 0. The van der Waals surface area contributed by atoms with E-state index < -0.39 is 0 Å². The van der Waals surface area contributed by atoms with E-state index in [1.165, 1.54) is 12.1 Å². The summed E-state index contributed by atoms with van der Waals surface area (Å²) in [7, 11) is 0. The molecule has 1 aromatic carbocycles. The predicted molar refractivity (Wildman–Crippen MR) is 58.7 cm³/mol. The Kier molecular flexibility index (Phi) is 2.76. The molecule has 15 heavy (non-hydrogen) atoms. The first-order valence-corrected chi connectivity index (χ1v) is 5.41. The summed E-state index contributed by atoms with van der Waals surface area (Å²) in [5.41, 5.74) is 12.9. The van der Waals surface area contributed by atoms with Gasteiger partial charge in [0.15, 0.2) is 0 Å². The Labute approximate surface area is 89.5 Å². The molecule has 1 fully saturated rings. The van der Waals surface area contributed by atoms with Crippen LogP contribution in [-0.2, 0) is 5.54 Å². The van der Waals surface area contributed by atoms with Gasteiger partial charge >= 0.3 is 0 Å². The van der Waals surface area contributed by atoms with Crippen molar-refractivity contribution >= 4 is 0 Å². The van der Waals surface area contributed by atoms with Crippen LogP contribution in [0.1, 0.15) is 31.2 Å². The molecule has 0 bridgehead atoms. The molecule has 1 aliphatic rings. The van der Waals surface area contributed by atoms with Gasteiger partial charge in [0.05, 0.1) is 0 Å². The Balaban J connectivity index is 2.18. The summed E-state index contributed by atoms with van der Waals surface area (Å²) in [5.74, 6) is -0.213. The first kappa shape index (κ1) is 10.6.